The molecule has 7 nitrogen and oxygen atoms in total. The van der Waals surface area contributed by atoms with Crippen LogP contribution in [-0.4, -0.2) is 50.9 Å². The van der Waals surface area contributed by atoms with Gasteiger partial charge in [-0.1, -0.05) is 0 Å². The second-order valence-corrected chi connectivity index (χ2v) is 5.08. The van der Waals surface area contributed by atoms with E-state index in [1.165, 1.54) is 0 Å². The highest BCUT2D eigenvalue weighted by atomic mass is 16.4. The Morgan fingerprint density at radius 1 is 1.55 bits per heavy atom. The van der Waals surface area contributed by atoms with Crippen LogP contribution in [0.1, 0.15) is 24.8 Å². The van der Waals surface area contributed by atoms with Crippen molar-refractivity contribution >= 4 is 12.0 Å². The van der Waals surface area contributed by atoms with E-state index >= 15 is 0 Å². The van der Waals surface area contributed by atoms with E-state index in [0.29, 0.717) is 13.1 Å². The number of aromatic nitrogens is 2. The molecule has 1 saturated carbocycles. The van der Waals surface area contributed by atoms with Crippen molar-refractivity contribution in [2.75, 3.05) is 13.1 Å². The molecule has 0 atom stereocenters. The van der Waals surface area contributed by atoms with E-state index in [9.17, 15) is 9.59 Å². The fourth-order valence-corrected chi connectivity index (χ4v) is 2.02. The predicted octanol–water partition coefficient (Wildman–Crippen LogP) is 0.840. The molecule has 1 aliphatic rings. The van der Waals surface area contributed by atoms with Crippen molar-refractivity contribution in [2.45, 2.75) is 38.8 Å². The van der Waals surface area contributed by atoms with Crippen LogP contribution in [0.2, 0.25) is 0 Å². The lowest BCUT2D eigenvalue weighted by Gasteiger charge is -2.22. The SMILES string of the molecule is Cc1cnn(CCNC(=O)N(CCC(=O)O)C2CC2)c1. The topological polar surface area (TPSA) is 87.5 Å². The molecule has 0 aromatic carbocycles. The molecular formula is C13H20N4O3. The van der Waals surface area contributed by atoms with Gasteiger partial charge < -0.3 is 15.3 Å². The summed E-state index contributed by atoms with van der Waals surface area (Å²) >= 11 is 0. The van der Waals surface area contributed by atoms with E-state index in [2.05, 4.69) is 10.4 Å². The Morgan fingerprint density at radius 3 is 2.85 bits per heavy atom. The molecule has 0 saturated heterocycles. The molecule has 7 heteroatoms. The number of hydrogen-bond donors (Lipinski definition) is 2. The number of amides is 2. The van der Waals surface area contributed by atoms with Crippen LogP contribution in [0, 0.1) is 6.92 Å². The summed E-state index contributed by atoms with van der Waals surface area (Å²) in [4.78, 5) is 24.3. The van der Waals surface area contributed by atoms with Crippen molar-refractivity contribution in [3.63, 3.8) is 0 Å². The first-order valence-corrected chi connectivity index (χ1v) is 6.81. The van der Waals surface area contributed by atoms with Gasteiger partial charge in [-0.05, 0) is 25.3 Å². The molecule has 20 heavy (non-hydrogen) atoms. The molecule has 2 rings (SSSR count). The first-order valence-electron chi connectivity index (χ1n) is 6.81. The van der Waals surface area contributed by atoms with Crippen molar-refractivity contribution < 1.29 is 14.7 Å². The number of aryl methyl sites for hydroxylation is 1. The number of hydrogen-bond acceptors (Lipinski definition) is 3. The first kappa shape index (κ1) is 14.4. The Hall–Kier alpha value is -2.05. The molecular weight excluding hydrogens is 260 g/mol. The molecule has 0 bridgehead atoms. The Morgan fingerprint density at radius 2 is 2.30 bits per heavy atom. The normalized spacial score (nSPS) is 14.1. The summed E-state index contributed by atoms with van der Waals surface area (Å²) in [5.41, 5.74) is 1.08. The number of aliphatic carboxylic acids is 1. The average Bonchev–Trinajstić information content (AvgIpc) is 3.13. The zero-order valence-corrected chi connectivity index (χ0v) is 11.6. The monoisotopic (exact) mass is 280 g/mol. The van der Waals surface area contributed by atoms with Gasteiger partial charge in [0, 0.05) is 25.3 Å². The lowest BCUT2D eigenvalue weighted by atomic mass is 10.4. The molecule has 2 amide bonds. The zero-order chi connectivity index (χ0) is 14.5. The van der Waals surface area contributed by atoms with Crippen molar-refractivity contribution in [3.05, 3.63) is 18.0 Å². The molecule has 1 aliphatic carbocycles. The second-order valence-electron chi connectivity index (χ2n) is 5.08. The van der Waals surface area contributed by atoms with E-state index in [1.54, 1.807) is 15.8 Å². The summed E-state index contributed by atoms with van der Waals surface area (Å²) in [5.74, 6) is -0.879. The van der Waals surface area contributed by atoms with Crippen LogP contribution in [0.5, 0.6) is 0 Å². The van der Waals surface area contributed by atoms with Gasteiger partial charge in [0.25, 0.3) is 0 Å². The maximum absolute atomic E-state index is 12.0. The second kappa shape index (κ2) is 6.40. The van der Waals surface area contributed by atoms with Gasteiger partial charge in [-0.15, -0.1) is 0 Å². The third-order valence-electron chi connectivity index (χ3n) is 3.19. The summed E-state index contributed by atoms with van der Waals surface area (Å²) < 4.78 is 1.77. The van der Waals surface area contributed by atoms with Gasteiger partial charge in [0.05, 0.1) is 19.2 Å². The predicted molar refractivity (Wildman–Crippen MR) is 72.3 cm³/mol. The summed E-state index contributed by atoms with van der Waals surface area (Å²) in [5, 5.41) is 15.7. The Labute approximate surface area is 117 Å². The Balaban J connectivity index is 1.75. The van der Waals surface area contributed by atoms with Gasteiger partial charge in [0.1, 0.15) is 0 Å². The van der Waals surface area contributed by atoms with E-state index in [-0.39, 0.29) is 25.0 Å². The number of carboxylic acids is 1. The summed E-state index contributed by atoms with van der Waals surface area (Å²) in [7, 11) is 0. The molecule has 1 aromatic rings. The molecule has 1 heterocycles. The van der Waals surface area contributed by atoms with Crippen LogP contribution in [0.4, 0.5) is 4.79 Å². The van der Waals surface area contributed by atoms with Crippen LogP contribution in [0.3, 0.4) is 0 Å². The van der Waals surface area contributed by atoms with Gasteiger partial charge in [-0.2, -0.15) is 5.10 Å². The first-order chi connectivity index (χ1) is 9.56. The smallest absolute Gasteiger partial charge is 0.317 e. The van der Waals surface area contributed by atoms with Crippen LogP contribution in [0.25, 0.3) is 0 Å². The number of rotatable bonds is 7. The number of urea groups is 1. The van der Waals surface area contributed by atoms with Gasteiger partial charge in [-0.25, -0.2) is 4.79 Å². The Bertz CT molecular complexity index is 482. The molecule has 0 aliphatic heterocycles. The Kier molecular flexibility index (Phi) is 4.60. The highest BCUT2D eigenvalue weighted by Gasteiger charge is 2.32. The van der Waals surface area contributed by atoms with Crippen molar-refractivity contribution in [1.29, 1.82) is 0 Å². The third kappa shape index (κ3) is 4.25. The van der Waals surface area contributed by atoms with Crippen LogP contribution in [0.15, 0.2) is 12.4 Å². The van der Waals surface area contributed by atoms with Gasteiger partial charge >= 0.3 is 12.0 Å². The number of carbonyl (C=O) groups excluding carboxylic acids is 1. The fraction of sp³-hybridized carbons (Fsp3) is 0.615. The molecule has 1 aromatic heterocycles. The van der Waals surface area contributed by atoms with E-state index < -0.39 is 5.97 Å². The van der Waals surface area contributed by atoms with Crippen molar-refractivity contribution in [1.82, 2.24) is 20.0 Å². The maximum atomic E-state index is 12.0. The standard InChI is InChI=1S/C13H20N4O3/c1-10-8-15-16(9-10)7-5-14-13(20)17(11-2-3-11)6-4-12(18)19/h8-9,11H,2-7H2,1H3,(H,14,20)(H,18,19). The van der Waals surface area contributed by atoms with E-state index in [4.69, 9.17) is 5.11 Å². The number of nitrogens with one attached hydrogen (secondary N) is 1. The summed E-state index contributed by atoms with van der Waals surface area (Å²) in [6, 6.07) is 0.0268. The maximum Gasteiger partial charge on any atom is 0.317 e. The molecule has 1 fully saturated rings. The lowest BCUT2D eigenvalue weighted by molar-refractivity contribution is -0.137. The fourth-order valence-electron chi connectivity index (χ4n) is 2.02. The number of nitrogens with zero attached hydrogens (tertiary/aromatic N) is 3. The van der Waals surface area contributed by atoms with E-state index in [1.807, 2.05) is 13.1 Å². The van der Waals surface area contributed by atoms with Gasteiger partial charge in [0.15, 0.2) is 0 Å². The molecule has 2 N–H and O–H groups in total. The zero-order valence-electron chi connectivity index (χ0n) is 11.6. The highest BCUT2D eigenvalue weighted by Crippen LogP contribution is 2.26. The molecule has 0 spiro atoms. The molecule has 110 valence electrons. The van der Waals surface area contributed by atoms with Crippen molar-refractivity contribution in [2.24, 2.45) is 0 Å². The van der Waals surface area contributed by atoms with Crippen LogP contribution < -0.4 is 5.32 Å². The minimum Gasteiger partial charge on any atom is -0.481 e. The minimum absolute atomic E-state index is 0.0116. The third-order valence-corrected chi connectivity index (χ3v) is 3.19. The number of carboxylic acid groups (broad SMARTS) is 1. The largest absolute Gasteiger partial charge is 0.481 e. The molecule has 0 radical (unpaired) electrons. The highest BCUT2D eigenvalue weighted by molar-refractivity contribution is 5.76. The van der Waals surface area contributed by atoms with E-state index in [0.717, 1.165) is 18.4 Å². The van der Waals surface area contributed by atoms with Gasteiger partial charge in [-0.3, -0.25) is 9.48 Å². The summed E-state index contributed by atoms with van der Waals surface area (Å²) in [6.45, 7) is 3.32. The molecule has 0 unspecified atom stereocenters. The average molecular weight is 280 g/mol. The minimum atomic E-state index is -0.879. The van der Waals surface area contributed by atoms with Crippen LogP contribution >= 0.6 is 0 Å². The van der Waals surface area contributed by atoms with Gasteiger partial charge in [0.2, 0.25) is 0 Å². The summed E-state index contributed by atoms with van der Waals surface area (Å²) in [6.07, 6.45) is 5.60. The van der Waals surface area contributed by atoms with Crippen LogP contribution in [-0.2, 0) is 11.3 Å². The number of carbonyl (C=O) groups is 2. The quantitative estimate of drug-likeness (QED) is 0.774. The lowest BCUT2D eigenvalue weighted by Crippen LogP contribution is -2.43. The van der Waals surface area contributed by atoms with Crippen molar-refractivity contribution in [3.8, 4) is 0 Å².